The third-order valence-electron chi connectivity index (χ3n) is 4.14. The first-order valence-electron chi connectivity index (χ1n) is 6.79. The number of benzene rings is 2. The summed E-state index contributed by atoms with van der Waals surface area (Å²) in [4.78, 5) is 0. The van der Waals surface area contributed by atoms with Gasteiger partial charge in [-0.2, -0.15) is 0 Å². The molecule has 0 N–H and O–H groups in total. The molecule has 0 amide bonds. The molecular weight excluding hydrogens is 399 g/mol. The van der Waals surface area contributed by atoms with Crippen LogP contribution in [0.3, 0.4) is 0 Å². The van der Waals surface area contributed by atoms with Gasteiger partial charge in [0.05, 0.1) is 0 Å². The Morgan fingerprint density at radius 2 is 1.24 bits per heavy atom. The van der Waals surface area contributed by atoms with Crippen LogP contribution in [0, 0.1) is 12.1 Å². The molecule has 2 aromatic carbocycles. The maximum atomic E-state index is 3.31. The summed E-state index contributed by atoms with van der Waals surface area (Å²) in [5, 5.41) is 0. The van der Waals surface area contributed by atoms with Gasteiger partial charge in [0.25, 0.3) is 0 Å². The third-order valence-corrected chi connectivity index (χ3v) is 4.14. The van der Waals surface area contributed by atoms with Gasteiger partial charge in [-0.25, -0.2) is 0 Å². The van der Waals surface area contributed by atoms with Gasteiger partial charge in [-0.05, 0) is 11.8 Å². The molecule has 21 heavy (non-hydrogen) atoms. The van der Waals surface area contributed by atoms with Crippen LogP contribution in [0.15, 0.2) is 48.6 Å². The number of hydrogen-bond donors (Lipinski definition) is 0. The predicted octanol–water partition coefficient (Wildman–Crippen LogP) is -1.39. The van der Waals surface area contributed by atoms with Gasteiger partial charge in [-0.3, -0.25) is 0 Å². The minimum absolute atomic E-state index is 0. The Hall–Kier alpha value is 1.53. The average Bonchev–Trinajstić information content (AvgIpc) is 3.05. The zero-order valence-corrected chi connectivity index (χ0v) is 22.5. The molecule has 0 aliphatic heterocycles. The van der Waals surface area contributed by atoms with Gasteiger partial charge < -0.3 is 0 Å². The Morgan fingerprint density at radius 1 is 0.762 bits per heavy atom. The van der Waals surface area contributed by atoms with Crippen LogP contribution in [0.1, 0.15) is 40.5 Å². The molecule has 0 aromatic heterocycles. The number of hydrogen-bond acceptors (Lipinski definition) is 0. The summed E-state index contributed by atoms with van der Waals surface area (Å²) in [7, 11) is 0. The summed E-state index contributed by atoms with van der Waals surface area (Å²) in [6.07, 6.45) is 10.2. The minimum atomic E-state index is 0. The Kier molecular flexibility index (Phi) is 7.70. The van der Waals surface area contributed by atoms with Crippen molar-refractivity contribution in [2.24, 2.45) is 0 Å². The molecular formula is C19H14Rb2. The summed E-state index contributed by atoms with van der Waals surface area (Å²) in [6.45, 7) is 0. The van der Waals surface area contributed by atoms with E-state index in [1.807, 2.05) is 12.1 Å². The molecule has 2 aliphatic carbocycles. The first-order valence-corrected chi connectivity index (χ1v) is 6.79. The van der Waals surface area contributed by atoms with Crippen LogP contribution in [0.2, 0.25) is 0 Å². The van der Waals surface area contributed by atoms with Crippen molar-refractivity contribution in [1.82, 2.24) is 0 Å². The number of rotatable bonds is 2. The smallest absolute Gasteiger partial charge is 0.147 e. The maximum Gasteiger partial charge on any atom is 1.00 e. The van der Waals surface area contributed by atoms with E-state index in [1.54, 1.807) is 0 Å². The van der Waals surface area contributed by atoms with Gasteiger partial charge >= 0.3 is 116 Å². The number of allylic oxidation sites excluding steroid dienone is 2. The average molecular weight is 413 g/mol. The van der Waals surface area contributed by atoms with Crippen LogP contribution in [0.25, 0.3) is 12.2 Å². The topological polar surface area (TPSA) is 0 Å². The molecule has 4 rings (SSSR count). The zero-order valence-electron chi connectivity index (χ0n) is 12.6. The first kappa shape index (κ1) is 18.9. The van der Waals surface area contributed by atoms with Crippen molar-refractivity contribution in [3.63, 3.8) is 0 Å². The molecule has 0 saturated carbocycles. The van der Waals surface area contributed by atoms with Gasteiger partial charge in [0.15, 0.2) is 0 Å². The fourth-order valence-corrected chi connectivity index (χ4v) is 3.18. The van der Waals surface area contributed by atoms with Gasteiger partial charge in [0.1, 0.15) is 0 Å². The summed E-state index contributed by atoms with van der Waals surface area (Å²) in [5.41, 5.74) is 5.36. The number of fused-ring (bicyclic) bond motifs is 2. The summed E-state index contributed by atoms with van der Waals surface area (Å²) in [6, 6.07) is 19.2. The van der Waals surface area contributed by atoms with Crippen molar-refractivity contribution in [2.45, 2.75) is 18.3 Å². The molecule has 0 nitrogen and oxygen atoms in total. The fourth-order valence-electron chi connectivity index (χ4n) is 3.18. The molecule has 0 heterocycles. The molecule has 2 aliphatic rings. The van der Waals surface area contributed by atoms with Gasteiger partial charge in [-0.1, -0.05) is 6.42 Å². The third kappa shape index (κ3) is 3.96. The monoisotopic (exact) mass is 412 g/mol. The Morgan fingerprint density at radius 3 is 1.71 bits per heavy atom. The summed E-state index contributed by atoms with van der Waals surface area (Å²) >= 11 is 0. The van der Waals surface area contributed by atoms with Crippen molar-refractivity contribution in [3.8, 4) is 0 Å². The normalized spacial score (nSPS) is 20.4. The molecule has 0 bridgehead atoms. The van der Waals surface area contributed by atoms with Crippen LogP contribution in [0.4, 0.5) is 0 Å². The van der Waals surface area contributed by atoms with Gasteiger partial charge in [0, 0.05) is 0 Å². The SMILES string of the molecule is [Rb+].[Rb+].[c-]1cccc2c1C=CC2CC1C=Cc2[c-]cccc21. The maximum absolute atomic E-state index is 3.31. The Balaban J connectivity index is 0.000000807. The molecule has 0 fully saturated rings. The first-order chi connectivity index (χ1) is 9.42. The van der Waals surface area contributed by atoms with Gasteiger partial charge in [-0.15, -0.1) is 95.1 Å². The molecule has 92 valence electrons. The Bertz CT molecular complexity index is 626. The van der Waals surface area contributed by atoms with Crippen molar-refractivity contribution in [3.05, 3.63) is 82.9 Å². The minimum Gasteiger partial charge on any atom is -0.147 e. The molecule has 0 spiro atoms. The quantitative estimate of drug-likeness (QED) is 0.532. The van der Waals surface area contributed by atoms with Crippen molar-refractivity contribution in [2.75, 3.05) is 0 Å². The van der Waals surface area contributed by atoms with E-state index in [9.17, 15) is 0 Å². The van der Waals surface area contributed by atoms with Crippen molar-refractivity contribution < 1.29 is 116 Å². The van der Waals surface area contributed by atoms with E-state index in [1.165, 1.54) is 22.3 Å². The van der Waals surface area contributed by atoms with Crippen LogP contribution < -0.4 is 116 Å². The standard InChI is InChI=1S/C19H14.2Rb/c1-3-7-18-14(5-1)9-11-16(18)13-17-12-10-15-6-2-4-8-19(15)17;;/h1-4,7-12,16-17H,13H2;;/q-2;2*+1. The van der Waals surface area contributed by atoms with Gasteiger partial charge in [0.2, 0.25) is 0 Å². The summed E-state index contributed by atoms with van der Waals surface area (Å²) < 4.78 is 0. The van der Waals surface area contributed by atoms with E-state index in [0.29, 0.717) is 11.8 Å². The van der Waals surface area contributed by atoms with E-state index >= 15 is 0 Å². The van der Waals surface area contributed by atoms with E-state index in [0.717, 1.165) is 6.42 Å². The zero-order chi connectivity index (χ0) is 12.7. The van der Waals surface area contributed by atoms with Crippen LogP contribution in [-0.2, 0) is 0 Å². The Labute approximate surface area is 224 Å². The predicted molar refractivity (Wildman–Crippen MR) is 78.7 cm³/mol. The molecule has 0 saturated heterocycles. The van der Waals surface area contributed by atoms with Crippen LogP contribution in [-0.4, -0.2) is 0 Å². The van der Waals surface area contributed by atoms with Crippen molar-refractivity contribution in [1.29, 1.82) is 0 Å². The molecule has 2 atom stereocenters. The second kappa shape index (κ2) is 8.58. The van der Waals surface area contributed by atoms with E-state index in [-0.39, 0.29) is 116 Å². The van der Waals surface area contributed by atoms with E-state index < -0.39 is 0 Å². The van der Waals surface area contributed by atoms with Crippen LogP contribution >= 0.6 is 0 Å². The fraction of sp³-hybridized carbons (Fsp3) is 0.158. The van der Waals surface area contributed by atoms with Crippen LogP contribution in [0.5, 0.6) is 0 Å². The molecule has 2 heteroatoms. The van der Waals surface area contributed by atoms with Crippen molar-refractivity contribution >= 4 is 12.2 Å². The van der Waals surface area contributed by atoms with E-state index in [2.05, 4.69) is 60.7 Å². The summed E-state index contributed by atoms with van der Waals surface area (Å²) in [5.74, 6) is 1.04. The second-order valence-electron chi connectivity index (χ2n) is 5.25. The molecule has 2 unspecified atom stereocenters. The largest absolute Gasteiger partial charge is 1.00 e. The second-order valence-corrected chi connectivity index (χ2v) is 5.25. The molecule has 0 radical (unpaired) electrons. The molecule has 2 aromatic rings. The van der Waals surface area contributed by atoms with E-state index in [4.69, 9.17) is 0 Å².